The number of fused-ring (bicyclic) bond motifs is 1. The standard InChI is InChI=1S/C21H23F3N2O2/c1-2-12(11-27)18-17(20(25)28)10-14-4-3-5-16(19(14)26-18)13-6-8-15(9-7-13)21(22,23)24/h3-6,10,12,15,27H,2,7-9,11H2,1H3,(H2,25,28)/t12-,15?/m0/s1. The van der Waals surface area contributed by atoms with Gasteiger partial charge in [0.1, 0.15) is 0 Å². The normalized spacial score (nSPS) is 18.8. The monoisotopic (exact) mass is 392 g/mol. The summed E-state index contributed by atoms with van der Waals surface area (Å²) >= 11 is 0. The van der Waals surface area contributed by atoms with E-state index in [2.05, 4.69) is 4.98 Å². The minimum Gasteiger partial charge on any atom is -0.396 e. The van der Waals surface area contributed by atoms with Crippen molar-refractivity contribution in [3.05, 3.63) is 47.2 Å². The number of aromatic nitrogens is 1. The van der Waals surface area contributed by atoms with Gasteiger partial charge in [-0.2, -0.15) is 13.2 Å². The van der Waals surface area contributed by atoms with Crippen molar-refractivity contribution in [1.29, 1.82) is 0 Å². The molecule has 4 nitrogen and oxygen atoms in total. The Morgan fingerprint density at radius 3 is 2.68 bits per heavy atom. The summed E-state index contributed by atoms with van der Waals surface area (Å²) in [5.74, 6) is -2.27. The highest BCUT2D eigenvalue weighted by molar-refractivity contribution is 6.00. The summed E-state index contributed by atoms with van der Waals surface area (Å²) in [5.41, 5.74) is 8.42. The summed E-state index contributed by atoms with van der Waals surface area (Å²) in [6.07, 6.45) is -1.65. The molecule has 1 aliphatic carbocycles. The molecule has 1 unspecified atom stereocenters. The molecule has 2 aromatic rings. The molecule has 1 aliphatic rings. The summed E-state index contributed by atoms with van der Waals surface area (Å²) in [4.78, 5) is 16.6. The van der Waals surface area contributed by atoms with Gasteiger partial charge in [0.05, 0.1) is 29.3 Å². The molecule has 1 heterocycles. The molecule has 3 N–H and O–H groups in total. The molecule has 1 aromatic carbocycles. The Morgan fingerprint density at radius 2 is 2.14 bits per heavy atom. The molecule has 0 aliphatic heterocycles. The van der Waals surface area contributed by atoms with E-state index in [1.807, 2.05) is 13.0 Å². The first kappa shape index (κ1) is 20.3. The van der Waals surface area contributed by atoms with Crippen molar-refractivity contribution in [2.75, 3.05) is 6.61 Å². The summed E-state index contributed by atoms with van der Waals surface area (Å²) in [6.45, 7) is 1.71. The van der Waals surface area contributed by atoms with Gasteiger partial charge in [-0.05, 0) is 37.3 Å². The molecule has 1 aromatic heterocycles. The Balaban J connectivity index is 2.11. The predicted octanol–water partition coefficient (Wildman–Crippen LogP) is 4.57. The highest BCUT2D eigenvalue weighted by atomic mass is 19.4. The lowest BCUT2D eigenvalue weighted by atomic mass is 9.85. The number of halogens is 3. The lowest BCUT2D eigenvalue weighted by molar-refractivity contribution is -0.175. The number of hydrogen-bond acceptors (Lipinski definition) is 3. The molecule has 3 rings (SSSR count). The first-order valence-corrected chi connectivity index (χ1v) is 9.36. The average molecular weight is 392 g/mol. The number of aliphatic hydroxyl groups excluding tert-OH is 1. The Kier molecular flexibility index (Phi) is 5.74. The van der Waals surface area contributed by atoms with Crippen molar-refractivity contribution in [2.24, 2.45) is 11.7 Å². The zero-order valence-corrected chi connectivity index (χ0v) is 15.6. The molecule has 0 saturated heterocycles. The van der Waals surface area contributed by atoms with E-state index < -0.39 is 18.0 Å². The van der Waals surface area contributed by atoms with E-state index in [1.165, 1.54) is 0 Å². The van der Waals surface area contributed by atoms with Gasteiger partial charge in [-0.1, -0.05) is 31.2 Å². The molecule has 28 heavy (non-hydrogen) atoms. The van der Waals surface area contributed by atoms with Gasteiger partial charge < -0.3 is 10.8 Å². The number of allylic oxidation sites excluding steroid dienone is 2. The van der Waals surface area contributed by atoms with Crippen LogP contribution in [-0.2, 0) is 0 Å². The Morgan fingerprint density at radius 1 is 1.39 bits per heavy atom. The molecule has 0 spiro atoms. The zero-order valence-electron chi connectivity index (χ0n) is 15.6. The second-order valence-corrected chi connectivity index (χ2v) is 7.19. The Bertz CT molecular complexity index is 918. The average Bonchev–Trinajstić information content (AvgIpc) is 2.67. The van der Waals surface area contributed by atoms with Crippen molar-refractivity contribution >= 4 is 22.4 Å². The highest BCUT2D eigenvalue weighted by Gasteiger charge is 2.39. The number of para-hydroxylation sites is 1. The van der Waals surface area contributed by atoms with Crippen LogP contribution in [0.4, 0.5) is 13.2 Å². The second kappa shape index (κ2) is 7.91. The number of carbonyl (C=O) groups is 1. The van der Waals surface area contributed by atoms with E-state index in [0.29, 0.717) is 29.4 Å². The van der Waals surface area contributed by atoms with Crippen molar-refractivity contribution in [3.8, 4) is 0 Å². The molecule has 0 saturated carbocycles. The number of primary amides is 1. The number of pyridine rings is 1. The van der Waals surface area contributed by atoms with Crippen molar-refractivity contribution in [1.82, 2.24) is 4.98 Å². The van der Waals surface area contributed by atoms with Gasteiger partial charge in [0.2, 0.25) is 0 Å². The van der Waals surface area contributed by atoms with Crippen LogP contribution in [0.3, 0.4) is 0 Å². The fourth-order valence-electron chi connectivity index (χ4n) is 3.77. The van der Waals surface area contributed by atoms with Gasteiger partial charge in [0.15, 0.2) is 0 Å². The number of benzene rings is 1. The van der Waals surface area contributed by atoms with Crippen LogP contribution in [0.25, 0.3) is 16.5 Å². The third kappa shape index (κ3) is 3.90. The van der Waals surface area contributed by atoms with Gasteiger partial charge >= 0.3 is 6.18 Å². The van der Waals surface area contributed by atoms with Crippen LogP contribution < -0.4 is 5.73 Å². The van der Waals surface area contributed by atoms with Crippen LogP contribution in [0.5, 0.6) is 0 Å². The van der Waals surface area contributed by atoms with E-state index in [0.717, 1.165) is 11.1 Å². The van der Waals surface area contributed by atoms with Crippen LogP contribution in [0, 0.1) is 5.92 Å². The van der Waals surface area contributed by atoms with Gasteiger partial charge in [-0.15, -0.1) is 0 Å². The number of carbonyl (C=O) groups excluding carboxylic acids is 1. The molecule has 0 bridgehead atoms. The molecular formula is C21H23F3N2O2. The predicted molar refractivity (Wildman–Crippen MR) is 102 cm³/mol. The minimum atomic E-state index is -4.18. The van der Waals surface area contributed by atoms with Crippen LogP contribution >= 0.6 is 0 Å². The van der Waals surface area contributed by atoms with E-state index in [4.69, 9.17) is 5.73 Å². The largest absolute Gasteiger partial charge is 0.396 e. The lowest BCUT2D eigenvalue weighted by Gasteiger charge is -2.25. The number of nitrogens with zero attached hydrogens (tertiary/aromatic N) is 1. The summed E-state index contributed by atoms with van der Waals surface area (Å²) in [6, 6.07) is 7.08. The molecule has 0 radical (unpaired) electrons. The second-order valence-electron chi connectivity index (χ2n) is 7.19. The van der Waals surface area contributed by atoms with Crippen molar-refractivity contribution in [3.63, 3.8) is 0 Å². The maximum absolute atomic E-state index is 13.0. The fraction of sp³-hybridized carbons (Fsp3) is 0.429. The van der Waals surface area contributed by atoms with Gasteiger partial charge in [-0.25, -0.2) is 0 Å². The first-order valence-electron chi connectivity index (χ1n) is 9.36. The maximum atomic E-state index is 13.0. The summed E-state index contributed by atoms with van der Waals surface area (Å²) < 4.78 is 38.9. The third-order valence-electron chi connectivity index (χ3n) is 5.46. The van der Waals surface area contributed by atoms with E-state index in [-0.39, 0.29) is 30.9 Å². The van der Waals surface area contributed by atoms with Crippen molar-refractivity contribution < 1.29 is 23.1 Å². The first-order chi connectivity index (χ1) is 13.3. The molecule has 1 amide bonds. The number of hydrogen-bond donors (Lipinski definition) is 2. The SMILES string of the molecule is CC[C@@H](CO)c1nc2c(C3=CCC(C(F)(F)F)CC3)cccc2cc1C(N)=O. The molecule has 7 heteroatoms. The number of rotatable bonds is 5. The van der Waals surface area contributed by atoms with Crippen LogP contribution in [0.2, 0.25) is 0 Å². The minimum absolute atomic E-state index is 0.0460. The Hall–Kier alpha value is -2.41. The molecule has 2 atom stereocenters. The van der Waals surface area contributed by atoms with Crippen LogP contribution in [0.15, 0.2) is 30.3 Å². The van der Waals surface area contributed by atoms with Crippen molar-refractivity contribution in [2.45, 2.75) is 44.7 Å². The molecule has 0 fully saturated rings. The van der Waals surface area contributed by atoms with E-state index in [9.17, 15) is 23.1 Å². The van der Waals surface area contributed by atoms with E-state index in [1.54, 1.807) is 24.3 Å². The number of alkyl halides is 3. The quantitative estimate of drug-likeness (QED) is 0.783. The number of amides is 1. The maximum Gasteiger partial charge on any atom is 0.392 e. The van der Waals surface area contributed by atoms with Gasteiger partial charge in [-0.3, -0.25) is 9.78 Å². The topological polar surface area (TPSA) is 76.2 Å². The molecule has 150 valence electrons. The highest BCUT2D eigenvalue weighted by Crippen LogP contribution is 2.40. The lowest BCUT2D eigenvalue weighted by Crippen LogP contribution is -2.24. The van der Waals surface area contributed by atoms with Gasteiger partial charge in [0.25, 0.3) is 5.91 Å². The van der Waals surface area contributed by atoms with Crippen LogP contribution in [-0.4, -0.2) is 28.8 Å². The zero-order chi connectivity index (χ0) is 20.5. The summed E-state index contributed by atoms with van der Waals surface area (Å²) in [7, 11) is 0. The molecular weight excluding hydrogens is 369 g/mol. The van der Waals surface area contributed by atoms with Gasteiger partial charge in [0, 0.05) is 16.9 Å². The van der Waals surface area contributed by atoms with Crippen LogP contribution in [0.1, 0.15) is 60.1 Å². The third-order valence-corrected chi connectivity index (χ3v) is 5.46. The summed E-state index contributed by atoms with van der Waals surface area (Å²) in [5, 5.41) is 10.4. The fourth-order valence-corrected chi connectivity index (χ4v) is 3.77. The van der Waals surface area contributed by atoms with E-state index >= 15 is 0 Å². The smallest absolute Gasteiger partial charge is 0.392 e. The number of nitrogens with two attached hydrogens (primary N) is 1. The number of aliphatic hydroxyl groups is 1. The Labute approximate surface area is 161 Å².